The fraction of sp³-hybridized carbons (Fsp3) is 0.462. The van der Waals surface area contributed by atoms with Crippen LogP contribution < -0.4 is 10.6 Å². The van der Waals surface area contributed by atoms with E-state index in [9.17, 15) is 14.9 Å². The van der Waals surface area contributed by atoms with Crippen LogP contribution in [0.4, 0.5) is 11.4 Å². The summed E-state index contributed by atoms with van der Waals surface area (Å²) < 4.78 is 0. The molecule has 0 aromatic heterocycles. The van der Waals surface area contributed by atoms with Crippen LogP contribution in [0, 0.1) is 10.1 Å². The molecule has 0 bridgehead atoms. The number of benzene rings is 1. The lowest BCUT2D eigenvalue weighted by Crippen LogP contribution is -2.34. The molecule has 6 heteroatoms. The zero-order chi connectivity index (χ0) is 14.4. The van der Waals surface area contributed by atoms with Crippen molar-refractivity contribution >= 4 is 17.3 Å². The maximum atomic E-state index is 12.1. The Bertz CT molecular complexity index is 470. The standard InChI is InChI=1S/C13H19N3O3/c1-4-9(5-2)15-13(17)10-7-6-8-11(14-3)12(10)16(18)19/h6-9,14H,4-5H2,1-3H3,(H,15,17). The van der Waals surface area contributed by atoms with E-state index < -0.39 is 10.8 Å². The lowest BCUT2D eigenvalue weighted by molar-refractivity contribution is -0.384. The second-order valence-corrected chi connectivity index (χ2v) is 4.20. The first-order chi connectivity index (χ1) is 9.04. The first kappa shape index (κ1) is 14.9. The van der Waals surface area contributed by atoms with Crippen LogP contribution in [-0.2, 0) is 0 Å². The van der Waals surface area contributed by atoms with Gasteiger partial charge < -0.3 is 10.6 Å². The van der Waals surface area contributed by atoms with E-state index >= 15 is 0 Å². The van der Waals surface area contributed by atoms with Gasteiger partial charge in [-0.1, -0.05) is 19.9 Å². The summed E-state index contributed by atoms with van der Waals surface area (Å²) in [7, 11) is 1.59. The molecule has 1 amide bonds. The minimum atomic E-state index is -0.534. The summed E-state index contributed by atoms with van der Waals surface area (Å²) in [6.07, 6.45) is 1.59. The highest BCUT2D eigenvalue weighted by atomic mass is 16.6. The average Bonchev–Trinajstić information content (AvgIpc) is 2.43. The number of nitro groups is 1. The Morgan fingerprint density at radius 2 is 2.00 bits per heavy atom. The van der Waals surface area contributed by atoms with Crippen LogP contribution >= 0.6 is 0 Å². The van der Waals surface area contributed by atoms with Crippen molar-refractivity contribution in [2.75, 3.05) is 12.4 Å². The van der Waals surface area contributed by atoms with Gasteiger partial charge in [0.05, 0.1) is 4.92 Å². The monoisotopic (exact) mass is 265 g/mol. The van der Waals surface area contributed by atoms with Crippen molar-refractivity contribution in [3.63, 3.8) is 0 Å². The number of carbonyl (C=O) groups is 1. The molecule has 0 saturated heterocycles. The van der Waals surface area contributed by atoms with E-state index in [1.165, 1.54) is 6.07 Å². The van der Waals surface area contributed by atoms with Gasteiger partial charge in [-0.25, -0.2) is 0 Å². The van der Waals surface area contributed by atoms with Gasteiger partial charge in [0.1, 0.15) is 11.3 Å². The van der Waals surface area contributed by atoms with E-state index in [0.29, 0.717) is 5.69 Å². The Balaban J connectivity index is 3.12. The van der Waals surface area contributed by atoms with Crippen molar-refractivity contribution in [3.05, 3.63) is 33.9 Å². The van der Waals surface area contributed by atoms with Gasteiger partial charge in [-0.2, -0.15) is 0 Å². The molecular weight excluding hydrogens is 246 g/mol. The summed E-state index contributed by atoms with van der Waals surface area (Å²) in [4.78, 5) is 22.7. The second-order valence-electron chi connectivity index (χ2n) is 4.20. The zero-order valence-corrected chi connectivity index (χ0v) is 11.4. The van der Waals surface area contributed by atoms with Gasteiger partial charge in [-0.05, 0) is 25.0 Å². The topological polar surface area (TPSA) is 84.3 Å². The third-order valence-corrected chi connectivity index (χ3v) is 3.05. The minimum absolute atomic E-state index is 0.0327. The van der Waals surface area contributed by atoms with E-state index in [0.717, 1.165) is 12.8 Å². The van der Waals surface area contributed by atoms with E-state index in [-0.39, 0.29) is 17.3 Å². The normalized spacial score (nSPS) is 10.3. The third-order valence-electron chi connectivity index (χ3n) is 3.05. The number of para-hydroxylation sites is 1. The van der Waals surface area contributed by atoms with Gasteiger partial charge in [-0.15, -0.1) is 0 Å². The molecule has 0 spiro atoms. The van der Waals surface area contributed by atoms with Crippen molar-refractivity contribution in [3.8, 4) is 0 Å². The number of hydrogen-bond acceptors (Lipinski definition) is 4. The van der Waals surface area contributed by atoms with Crippen LogP contribution in [-0.4, -0.2) is 23.9 Å². The number of anilines is 1. The fourth-order valence-corrected chi connectivity index (χ4v) is 1.88. The van der Waals surface area contributed by atoms with Crippen LogP contribution in [0.3, 0.4) is 0 Å². The molecule has 0 fully saturated rings. The predicted molar refractivity (Wildman–Crippen MR) is 74.5 cm³/mol. The van der Waals surface area contributed by atoms with Crippen LogP contribution in [0.5, 0.6) is 0 Å². The number of amides is 1. The largest absolute Gasteiger partial charge is 0.383 e. The molecule has 2 N–H and O–H groups in total. The summed E-state index contributed by atoms with van der Waals surface area (Å²) in [6.45, 7) is 3.93. The minimum Gasteiger partial charge on any atom is -0.383 e. The maximum absolute atomic E-state index is 12.1. The molecule has 0 radical (unpaired) electrons. The average molecular weight is 265 g/mol. The molecule has 1 aromatic rings. The number of nitrogens with one attached hydrogen (secondary N) is 2. The first-order valence-corrected chi connectivity index (χ1v) is 6.31. The van der Waals surface area contributed by atoms with Crippen molar-refractivity contribution in [1.82, 2.24) is 5.32 Å². The number of carbonyl (C=O) groups excluding carboxylic acids is 1. The Hall–Kier alpha value is -2.11. The summed E-state index contributed by atoms with van der Waals surface area (Å²) in [5, 5.41) is 16.7. The molecule has 0 unspecified atom stereocenters. The molecule has 104 valence electrons. The Kier molecular flexibility index (Phi) is 5.29. The molecule has 0 aliphatic heterocycles. The van der Waals surface area contributed by atoms with Crippen LogP contribution in [0.25, 0.3) is 0 Å². The van der Waals surface area contributed by atoms with Gasteiger partial charge in [0.15, 0.2) is 0 Å². The van der Waals surface area contributed by atoms with Gasteiger partial charge in [0.25, 0.3) is 5.91 Å². The quantitative estimate of drug-likeness (QED) is 0.611. The fourth-order valence-electron chi connectivity index (χ4n) is 1.88. The van der Waals surface area contributed by atoms with Crippen LogP contribution in [0.2, 0.25) is 0 Å². The van der Waals surface area contributed by atoms with E-state index in [2.05, 4.69) is 10.6 Å². The van der Waals surface area contributed by atoms with Gasteiger partial charge >= 0.3 is 5.69 Å². The summed E-state index contributed by atoms with van der Waals surface area (Å²) >= 11 is 0. The number of rotatable bonds is 6. The van der Waals surface area contributed by atoms with Crippen LogP contribution in [0.1, 0.15) is 37.0 Å². The second kappa shape index (κ2) is 6.72. The molecular formula is C13H19N3O3. The smallest absolute Gasteiger partial charge is 0.305 e. The highest BCUT2D eigenvalue weighted by Crippen LogP contribution is 2.28. The number of hydrogen-bond donors (Lipinski definition) is 2. The lowest BCUT2D eigenvalue weighted by atomic mass is 10.1. The molecule has 0 aliphatic carbocycles. The van der Waals surface area contributed by atoms with E-state index in [1.54, 1.807) is 19.2 Å². The van der Waals surface area contributed by atoms with Gasteiger partial charge in [-0.3, -0.25) is 14.9 Å². The molecule has 0 atom stereocenters. The number of nitrogens with zero attached hydrogens (tertiary/aromatic N) is 1. The first-order valence-electron chi connectivity index (χ1n) is 6.31. The predicted octanol–water partition coefficient (Wildman–Crippen LogP) is 2.55. The Morgan fingerprint density at radius 1 is 1.37 bits per heavy atom. The SMILES string of the molecule is CCC(CC)NC(=O)c1cccc(NC)c1[N+](=O)[O-]. The van der Waals surface area contributed by atoms with Crippen molar-refractivity contribution in [1.29, 1.82) is 0 Å². The Labute approximate surface area is 112 Å². The molecule has 0 saturated carbocycles. The van der Waals surface area contributed by atoms with Gasteiger partial charge in [0, 0.05) is 13.1 Å². The molecule has 0 heterocycles. The van der Waals surface area contributed by atoms with Crippen molar-refractivity contribution < 1.29 is 9.72 Å². The van der Waals surface area contributed by atoms with Crippen LogP contribution in [0.15, 0.2) is 18.2 Å². The highest BCUT2D eigenvalue weighted by Gasteiger charge is 2.24. The van der Waals surface area contributed by atoms with Gasteiger partial charge in [0.2, 0.25) is 0 Å². The van der Waals surface area contributed by atoms with E-state index in [4.69, 9.17) is 0 Å². The summed E-state index contributed by atoms with van der Waals surface area (Å²) in [5.74, 6) is -0.405. The lowest BCUT2D eigenvalue weighted by Gasteiger charge is -2.15. The van der Waals surface area contributed by atoms with Crippen molar-refractivity contribution in [2.24, 2.45) is 0 Å². The van der Waals surface area contributed by atoms with E-state index in [1.807, 2.05) is 13.8 Å². The molecule has 19 heavy (non-hydrogen) atoms. The molecule has 0 aliphatic rings. The third kappa shape index (κ3) is 3.43. The molecule has 1 aromatic carbocycles. The number of nitro benzene ring substituents is 1. The summed E-state index contributed by atoms with van der Waals surface area (Å²) in [6, 6.07) is 4.70. The highest BCUT2D eigenvalue weighted by molar-refractivity contribution is 6.00. The Morgan fingerprint density at radius 3 is 2.47 bits per heavy atom. The molecule has 6 nitrogen and oxygen atoms in total. The zero-order valence-electron chi connectivity index (χ0n) is 11.4. The maximum Gasteiger partial charge on any atom is 0.305 e. The van der Waals surface area contributed by atoms with Crippen molar-refractivity contribution in [2.45, 2.75) is 32.7 Å². The summed E-state index contributed by atoms with van der Waals surface area (Å²) in [5.41, 5.74) is 0.236. The molecule has 1 rings (SSSR count).